The van der Waals surface area contributed by atoms with Gasteiger partial charge in [-0.3, -0.25) is 4.79 Å². The molecule has 0 aromatic carbocycles. The summed E-state index contributed by atoms with van der Waals surface area (Å²) >= 11 is 1.76. The van der Waals surface area contributed by atoms with Crippen LogP contribution in [0.4, 0.5) is 0 Å². The lowest BCUT2D eigenvalue weighted by Gasteiger charge is -2.21. The molecular formula is C17H25NO2S. The highest BCUT2D eigenvalue weighted by Crippen LogP contribution is 2.33. The molecule has 1 amide bonds. The summed E-state index contributed by atoms with van der Waals surface area (Å²) < 4.78 is 5.63. The Hall–Kier alpha value is -0.870. The molecule has 2 aliphatic carbocycles. The molecule has 4 heteroatoms. The fraction of sp³-hybridized carbons (Fsp3) is 0.706. The van der Waals surface area contributed by atoms with Crippen molar-refractivity contribution in [2.45, 2.75) is 39.0 Å². The van der Waals surface area contributed by atoms with Gasteiger partial charge in [-0.15, -0.1) is 11.3 Å². The number of amides is 1. The Kier molecular flexibility index (Phi) is 4.65. The van der Waals surface area contributed by atoms with Crippen molar-refractivity contribution in [1.29, 1.82) is 0 Å². The van der Waals surface area contributed by atoms with E-state index in [2.05, 4.69) is 12.3 Å². The lowest BCUT2D eigenvalue weighted by Crippen LogP contribution is -2.31. The predicted molar refractivity (Wildman–Crippen MR) is 86.0 cm³/mol. The maximum Gasteiger partial charge on any atom is 0.254 e. The number of fused-ring (bicyclic) bond motifs is 1. The second-order valence-electron chi connectivity index (χ2n) is 6.64. The van der Waals surface area contributed by atoms with Crippen molar-refractivity contribution >= 4 is 17.2 Å². The third-order valence-electron chi connectivity index (χ3n) is 4.60. The summed E-state index contributed by atoms with van der Waals surface area (Å²) in [5.41, 5.74) is 2.25. The fourth-order valence-corrected chi connectivity index (χ4v) is 4.14. The van der Waals surface area contributed by atoms with Crippen LogP contribution in [0.2, 0.25) is 0 Å². The van der Waals surface area contributed by atoms with Gasteiger partial charge in [0.05, 0.1) is 12.2 Å². The smallest absolute Gasteiger partial charge is 0.254 e. The molecule has 21 heavy (non-hydrogen) atoms. The highest BCUT2D eigenvalue weighted by Gasteiger charge is 2.25. The molecule has 3 rings (SSSR count). The number of nitrogens with zero attached hydrogens (tertiary/aromatic N) is 1. The molecule has 1 aromatic rings. The van der Waals surface area contributed by atoms with Crippen molar-refractivity contribution in [3.05, 3.63) is 21.4 Å². The number of hydrogen-bond donors (Lipinski definition) is 0. The van der Waals surface area contributed by atoms with Crippen LogP contribution < -0.4 is 0 Å². The van der Waals surface area contributed by atoms with Gasteiger partial charge in [0.15, 0.2) is 0 Å². The Morgan fingerprint density at radius 3 is 3.00 bits per heavy atom. The fourth-order valence-electron chi connectivity index (χ4n) is 2.90. The van der Waals surface area contributed by atoms with Gasteiger partial charge in [0.25, 0.3) is 5.91 Å². The van der Waals surface area contributed by atoms with Crippen LogP contribution in [0.5, 0.6) is 0 Å². The first kappa shape index (κ1) is 15.0. The zero-order chi connectivity index (χ0) is 14.8. The van der Waals surface area contributed by atoms with Gasteiger partial charge < -0.3 is 9.64 Å². The van der Waals surface area contributed by atoms with Crippen LogP contribution in [0.1, 0.15) is 47.0 Å². The van der Waals surface area contributed by atoms with Crippen molar-refractivity contribution in [1.82, 2.24) is 4.90 Å². The van der Waals surface area contributed by atoms with E-state index in [-0.39, 0.29) is 5.91 Å². The minimum absolute atomic E-state index is 0.164. The van der Waals surface area contributed by atoms with E-state index in [0.717, 1.165) is 36.8 Å². The Morgan fingerprint density at radius 1 is 1.43 bits per heavy atom. The zero-order valence-corrected chi connectivity index (χ0v) is 13.9. The van der Waals surface area contributed by atoms with Gasteiger partial charge >= 0.3 is 0 Å². The molecule has 3 nitrogen and oxygen atoms in total. The molecule has 0 spiro atoms. The molecular weight excluding hydrogens is 282 g/mol. The van der Waals surface area contributed by atoms with Gasteiger partial charge in [0.2, 0.25) is 0 Å². The predicted octanol–water partition coefficient (Wildman–Crippen LogP) is 3.37. The number of ether oxygens (including phenoxy) is 1. The van der Waals surface area contributed by atoms with Crippen LogP contribution in [0.3, 0.4) is 0 Å². The number of carbonyl (C=O) groups excluding carboxylic acids is 1. The number of likely N-dealkylation sites (N-methyl/N-ethyl adjacent to an activating group) is 1. The van der Waals surface area contributed by atoms with Gasteiger partial charge in [-0.2, -0.15) is 0 Å². The molecule has 1 saturated carbocycles. The van der Waals surface area contributed by atoms with Gasteiger partial charge in [0, 0.05) is 30.5 Å². The summed E-state index contributed by atoms with van der Waals surface area (Å²) in [6, 6.07) is 0. The summed E-state index contributed by atoms with van der Waals surface area (Å²) in [5, 5.41) is 2.06. The molecule has 2 aliphatic rings. The molecule has 0 unspecified atom stereocenters. The Bertz CT molecular complexity index is 507. The normalized spacial score (nSPS) is 21.1. The Balaban J connectivity index is 1.54. The van der Waals surface area contributed by atoms with Crippen LogP contribution in [0.15, 0.2) is 5.38 Å². The first-order chi connectivity index (χ1) is 10.1. The number of thiophene rings is 1. The van der Waals surface area contributed by atoms with E-state index < -0.39 is 0 Å². The molecule has 116 valence electrons. The first-order valence-corrected chi connectivity index (χ1v) is 8.95. The summed E-state index contributed by atoms with van der Waals surface area (Å²) in [7, 11) is 1.89. The van der Waals surface area contributed by atoms with Crippen molar-refractivity contribution in [3.63, 3.8) is 0 Å². The molecule has 0 saturated heterocycles. The Morgan fingerprint density at radius 2 is 2.24 bits per heavy atom. The molecule has 1 atom stereocenters. The van der Waals surface area contributed by atoms with Gasteiger partial charge in [-0.25, -0.2) is 0 Å². The van der Waals surface area contributed by atoms with Crippen LogP contribution in [0, 0.1) is 11.8 Å². The zero-order valence-electron chi connectivity index (χ0n) is 13.1. The second kappa shape index (κ2) is 6.49. The van der Waals surface area contributed by atoms with Crippen LogP contribution in [-0.4, -0.2) is 37.6 Å². The number of rotatable bonds is 6. The quantitative estimate of drug-likeness (QED) is 0.754. The third kappa shape index (κ3) is 3.67. The van der Waals surface area contributed by atoms with Crippen LogP contribution in [0.25, 0.3) is 0 Å². The van der Waals surface area contributed by atoms with E-state index in [1.165, 1.54) is 29.7 Å². The van der Waals surface area contributed by atoms with E-state index in [1.54, 1.807) is 11.3 Å². The number of hydrogen-bond acceptors (Lipinski definition) is 3. The van der Waals surface area contributed by atoms with Crippen LogP contribution >= 0.6 is 11.3 Å². The van der Waals surface area contributed by atoms with E-state index >= 15 is 0 Å². The largest absolute Gasteiger partial charge is 0.379 e. The minimum atomic E-state index is 0.164. The topological polar surface area (TPSA) is 29.5 Å². The van der Waals surface area contributed by atoms with E-state index in [0.29, 0.717) is 13.2 Å². The maximum atomic E-state index is 12.6. The molecule has 1 fully saturated rings. The highest BCUT2D eigenvalue weighted by molar-refractivity contribution is 7.10. The summed E-state index contributed by atoms with van der Waals surface area (Å²) in [5.74, 6) is 1.71. The van der Waals surface area contributed by atoms with Crippen molar-refractivity contribution in [2.75, 3.05) is 26.8 Å². The van der Waals surface area contributed by atoms with Crippen molar-refractivity contribution in [3.8, 4) is 0 Å². The molecule has 0 aliphatic heterocycles. The highest BCUT2D eigenvalue weighted by atomic mass is 32.1. The number of carbonyl (C=O) groups is 1. The Labute approximate surface area is 131 Å². The van der Waals surface area contributed by atoms with E-state index in [9.17, 15) is 4.79 Å². The minimum Gasteiger partial charge on any atom is -0.379 e. The second-order valence-corrected chi connectivity index (χ2v) is 7.61. The first-order valence-electron chi connectivity index (χ1n) is 8.07. The summed E-state index contributed by atoms with van der Waals surface area (Å²) in [6.45, 7) is 4.51. The molecule has 0 radical (unpaired) electrons. The molecule has 1 heterocycles. The molecule has 0 bridgehead atoms. The van der Waals surface area contributed by atoms with Gasteiger partial charge in [-0.05, 0) is 49.5 Å². The van der Waals surface area contributed by atoms with Crippen molar-refractivity contribution in [2.24, 2.45) is 11.8 Å². The van der Waals surface area contributed by atoms with Gasteiger partial charge in [0.1, 0.15) is 0 Å². The standard InChI is InChI=1S/C17H25NO2S/c1-12-3-6-14-15(11-21-16(14)9-12)17(19)18(2)7-8-20-10-13-4-5-13/h11-13H,3-10H2,1-2H3/t12-/m1/s1. The van der Waals surface area contributed by atoms with Gasteiger partial charge in [-0.1, -0.05) is 6.92 Å². The average molecular weight is 307 g/mol. The van der Waals surface area contributed by atoms with E-state index in [4.69, 9.17) is 4.74 Å². The monoisotopic (exact) mass is 307 g/mol. The van der Waals surface area contributed by atoms with E-state index in [1.807, 2.05) is 11.9 Å². The summed E-state index contributed by atoms with van der Waals surface area (Å²) in [6.07, 6.45) is 6.04. The summed E-state index contributed by atoms with van der Waals surface area (Å²) in [4.78, 5) is 15.8. The van der Waals surface area contributed by atoms with Crippen LogP contribution in [-0.2, 0) is 17.6 Å². The molecule has 1 aromatic heterocycles. The lowest BCUT2D eigenvalue weighted by molar-refractivity contribution is 0.0680. The lowest BCUT2D eigenvalue weighted by atomic mass is 9.88. The molecule has 0 N–H and O–H groups in total. The van der Waals surface area contributed by atoms with Crippen molar-refractivity contribution < 1.29 is 9.53 Å². The average Bonchev–Trinajstić information content (AvgIpc) is 3.21. The maximum absolute atomic E-state index is 12.6. The third-order valence-corrected chi connectivity index (χ3v) is 5.65. The SMILES string of the molecule is C[C@@H]1CCc2c(C(=O)N(C)CCOCC3CC3)csc2C1.